The lowest BCUT2D eigenvalue weighted by molar-refractivity contribution is 0.0741. The molecular formula is C17H29Cl2N3O. The van der Waals surface area contributed by atoms with Crippen molar-refractivity contribution in [1.29, 1.82) is 0 Å². The van der Waals surface area contributed by atoms with Crippen LogP contribution in [0.1, 0.15) is 43.5 Å². The van der Waals surface area contributed by atoms with Crippen molar-refractivity contribution < 1.29 is 4.79 Å². The molecule has 23 heavy (non-hydrogen) atoms. The van der Waals surface area contributed by atoms with E-state index in [1.165, 1.54) is 5.69 Å². The van der Waals surface area contributed by atoms with E-state index in [0.717, 1.165) is 44.5 Å². The third kappa shape index (κ3) is 5.27. The largest absolute Gasteiger partial charge is 0.372 e. The molecular weight excluding hydrogens is 333 g/mol. The second-order valence-corrected chi connectivity index (χ2v) is 5.66. The summed E-state index contributed by atoms with van der Waals surface area (Å²) in [6.07, 6.45) is 3.21. The maximum absolute atomic E-state index is 12.5. The van der Waals surface area contributed by atoms with E-state index in [1.807, 2.05) is 17.0 Å². The molecule has 1 atom stereocenters. The number of carbonyl (C=O) groups is 1. The van der Waals surface area contributed by atoms with Gasteiger partial charge in [0.1, 0.15) is 0 Å². The molecule has 0 bridgehead atoms. The molecule has 0 radical (unpaired) electrons. The lowest BCUT2D eigenvalue weighted by Crippen LogP contribution is -2.39. The molecule has 1 aliphatic heterocycles. The second kappa shape index (κ2) is 10.7. The van der Waals surface area contributed by atoms with Gasteiger partial charge in [0.05, 0.1) is 0 Å². The second-order valence-electron chi connectivity index (χ2n) is 5.66. The molecule has 1 unspecified atom stereocenters. The number of anilines is 1. The van der Waals surface area contributed by atoms with E-state index in [1.54, 1.807) is 0 Å². The van der Waals surface area contributed by atoms with Crippen LogP contribution in [0.4, 0.5) is 5.69 Å². The topological polar surface area (TPSA) is 49.6 Å². The average Bonchev–Trinajstić information content (AvgIpc) is 3.00. The number of nitrogens with zero attached hydrogens (tertiary/aromatic N) is 2. The zero-order valence-corrected chi connectivity index (χ0v) is 15.7. The Balaban J connectivity index is 0.00000242. The summed E-state index contributed by atoms with van der Waals surface area (Å²) in [6.45, 7) is 7.77. The van der Waals surface area contributed by atoms with Crippen LogP contribution in [0.5, 0.6) is 0 Å². The van der Waals surface area contributed by atoms with Gasteiger partial charge in [-0.15, -0.1) is 24.8 Å². The van der Waals surface area contributed by atoms with Crippen molar-refractivity contribution in [2.75, 3.05) is 31.1 Å². The quantitative estimate of drug-likeness (QED) is 0.845. The number of amides is 1. The van der Waals surface area contributed by atoms with Crippen LogP contribution in [0.15, 0.2) is 24.3 Å². The molecule has 1 saturated heterocycles. The van der Waals surface area contributed by atoms with E-state index in [2.05, 4.69) is 30.9 Å². The number of benzene rings is 1. The third-order valence-electron chi connectivity index (χ3n) is 4.26. The number of rotatable bonds is 6. The average molecular weight is 362 g/mol. The first-order valence-electron chi connectivity index (χ1n) is 8.07. The summed E-state index contributed by atoms with van der Waals surface area (Å²) in [5.41, 5.74) is 7.71. The zero-order chi connectivity index (χ0) is 15.2. The molecule has 4 nitrogen and oxygen atoms in total. The molecule has 1 amide bonds. The molecule has 1 fully saturated rings. The normalized spacial score (nSPS) is 16.5. The van der Waals surface area contributed by atoms with Crippen LogP contribution in [0.3, 0.4) is 0 Å². The Morgan fingerprint density at radius 2 is 1.91 bits per heavy atom. The van der Waals surface area contributed by atoms with Crippen LogP contribution in [0.25, 0.3) is 0 Å². The van der Waals surface area contributed by atoms with Gasteiger partial charge < -0.3 is 15.5 Å². The predicted octanol–water partition coefficient (Wildman–Crippen LogP) is 3.33. The van der Waals surface area contributed by atoms with Gasteiger partial charge in [-0.3, -0.25) is 4.79 Å². The smallest absolute Gasteiger partial charge is 0.254 e. The monoisotopic (exact) mass is 361 g/mol. The van der Waals surface area contributed by atoms with E-state index in [-0.39, 0.29) is 36.8 Å². The van der Waals surface area contributed by atoms with Crippen molar-refractivity contribution in [2.45, 2.75) is 39.2 Å². The molecule has 0 aliphatic carbocycles. The number of carbonyl (C=O) groups excluding carboxylic acids is 1. The van der Waals surface area contributed by atoms with Crippen LogP contribution >= 0.6 is 24.8 Å². The van der Waals surface area contributed by atoms with Gasteiger partial charge in [0.15, 0.2) is 0 Å². The van der Waals surface area contributed by atoms with Crippen LogP contribution < -0.4 is 10.6 Å². The Morgan fingerprint density at radius 3 is 2.43 bits per heavy atom. The standard InChI is InChI=1S/C17H27N3O.2ClH/c1-3-11-19(4-2)15-9-7-14(8-10-15)17(21)20-12-5-6-16(20)13-18;;/h7-10,16H,3-6,11-13,18H2,1-2H3;2*1H. The predicted molar refractivity (Wildman–Crippen MR) is 102 cm³/mol. The first-order chi connectivity index (χ1) is 10.2. The summed E-state index contributed by atoms with van der Waals surface area (Å²) in [5.74, 6) is 0.119. The zero-order valence-electron chi connectivity index (χ0n) is 14.0. The highest BCUT2D eigenvalue weighted by atomic mass is 35.5. The van der Waals surface area contributed by atoms with Gasteiger partial charge in [0.2, 0.25) is 0 Å². The number of hydrogen-bond acceptors (Lipinski definition) is 3. The maximum atomic E-state index is 12.5. The van der Waals surface area contributed by atoms with Crippen molar-refractivity contribution >= 4 is 36.4 Å². The molecule has 6 heteroatoms. The van der Waals surface area contributed by atoms with Gasteiger partial charge >= 0.3 is 0 Å². The highest BCUT2D eigenvalue weighted by molar-refractivity contribution is 5.95. The first-order valence-corrected chi connectivity index (χ1v) is 8.07. The van der Waals surface area contributed by atoms with Crippen LogP contribution in [0, 0.1) is 0 Å². The molecule has 0 spiro atoms. The number of likely N-dealkylation sites (tertiary alicyclic amines) is 1. The molecule has 1 heterocycles. The molecule has 1 aromatic carbocycles. The summed E-state index contributed by atoms with van der Waals surface area (Å²) in [5, 5.41) is 0. The van der Waals surface area contributed by atoms with Crippen LogP contribution in [-0.2, 0) is 0 Å². The van der Waals surface area contributed by atoms with Crippen molar-refractivity contribution in [2.24, 2.45) is 5.73 Å². The van der Waals surface area contributed by atoms with Crippen LogP contribution in [0.2, 0.25) is 0 Å². The third-order valence-corrected chi connectivity index (χ3v) is 4.26. The summed E-state index contributed by atoms with van der Waals surface area (Å²) in [6, 6.07) is 8.22. The fraction of sp³-hybridized carbons (Fsp3) is 0.588. The van der Waals surface area contributed by atoms with E-state index in [4.69, 9.17) is 5.73 Å². The van der Waals surface area contributed by atoms with Crippen molar-refractivity contribution in [3.8, 4) is 0 Å². The Labute approximate surface area is 152 Å². The Kier molecular flexibility index (Phi) is 10.3. The lowest BCUT2D eigenvalue weighted by atomic mass is 10.1. The Bertz CT molecular complexity index is 467. The number of halogens is 2. The SMILES string of the molecule is CCCN(CC)c1ccc(C(=O)N2CCCC2CN)cc1.Cl.Cl. The molecule has 2 N–H and O–H groups in total. The van der Waals surface area contributed by atoms with Gasteiger partial charge in [-0.1, -0.05) is 6.92 Å². The van der Waals surface area contributed by atoms with Crippen molar-refractivity contribution in [3.05, 3.63) is 29.8 Å². The molecule has 2 rings (SSSR count). The summed E-state index contributed by atoms with van der Waals surface area (Å²) >= 11 is 0. The number of nitrogens with two attached hydrogens (primary N) is 1. The van der Waals surface area contributed by atoms with Gasteiger partial charge in [-0.05, 0) is 50.5 Å². The van der Waals surface area contributed by atoms with E-state index in [9.17, 15) is 4.79 Å². The minimum Gasteiger partial charge on any atom is -0.372 e. The fourth-order valence-electron chi connectivity index (χ4n) is 3.07. The maximum Gasteiger partial charge on any atom is 0.254 e. The summed E-state index contributed by atoms with van der Waals surface area (Å²) < 4.78 is 0. The molecule has 1 aliphatic rings. The molecule has 0 saturated carbocycles. The number of hydrogen-bond donors (Lipinski definition) is 1. The van der Waals surface area contributed by atoms with Crippen molar-refractivity contribution in [3.63, 3.8) is 0 Å². The van der Waals surface area contributed by atoms with Gasteiger partial charge in [0.25, 0.3) is 5.91 Å². The summed E-state index contributed by atoms with van der Waals surface area (Å²) in [4.78, 5) is 16.8. The molecule has 0 aromatic heterocycles. The van der Waals surface area contributed by atoms with E-state index >= 15 is 0 Å². The van der Waals surface area contributed by atoms with Crippen LogP contribution in [-0.4, -0.2) is 43.0 Å². The highest BCUT2D eigenvalue weighted by Gasteiger charge is 2.28. The minimum atomic E-state index is 0. The van der Waals surface area contributed by atoms with E-state index in [0.29, 0.717) is 6.54 Å². The summed E-state index contributed by atoms with van der Waals surface area (Å²) in [7, 11) is 0. The highest BCUT2D eigenvalue weighted by Crippen LogP contribution is 2.21. The first kappa shape index (κ1) is 22.0. The van der Waals surface area contributed by atoms with Gasteiger partial charge in [-0.25, -0.2) is 0 Å². The van der Waals surface area contributed by atoms with Crippen molar-refractivity contribution in [1.82, 2.24) is 4.90 Å². The van der Waals surface area contributed by atoms with Gasteiger partial charge in [0, 0.05) is 43.5 Å². The lowest BCUT2D eigenvalue weighted by Gasteiger charge is -2.25. The molecule has 132 valence electrons. The van der Waals surface area contributed by atoms with Gasteiger partial charge in [-0.2, -0.15) is 0 Å². The van der Waals surface area contributed by atoms with E-state index < -0.39 is 0 Å². The minimum absolute atomic E-state index is 0. The fourth-order valence-corrected chi connectivity index (χ4v) is 3.07. The molecule has 1 aromatic rings. The Hall–Kier alpha value is -0.970. The Morgan fingerprint density at radius 1 is 1.26 bits per heavy atom.